The highest BCUT2D eigenvalue weighted by Crippen LogP contribution is 2.19. The molecule has 0 aromatic carbocycles. The van der Waals surface area contributed by atoms with E-state index in [1.807, 2.05) is 6.92 Å². The number of rotatable bonds is 8. The molecule has 8 heteroatoms. The third-order valence-electron chi connectivity index (χ3n) is 3.04. The molecule has 0 aliphatic rings. The van der Waals surface area contributed by atoms with Gasteiger partial charge in [0.25, 0.3) is 0 Å². The largest absolute Gasteiger partial charge is 0.385 e. The van der Waals surface area contributed by atoms with Crippen LogP contribution >= 0.6 is 0 Å². The number of nitrogens with zero attached hydrogens (tertiary/aromatic N) is 2. The van der Waals surface area contributed by atoms with Gasteiger partial charge in [0.1, 0.15) is 4.90 Å². The van der Waals surface area contributed by atoms with Crippen LogP contribution in [-0.2, 0) is 21.3 Å². The highest BCUT2D eigenvalue weighted by Gasteiger charge is 2.25. The van der Waals surface area contributed by atoms with Crippen LogP contribution in [0.15, 0.2) is 4.90 Å². The highest BCUT2D eigenvalue weighted by atomic mass is 32.2. The van der Waals surface area contributed by atoms with Gasteiger partial charge in [-0.25, -0.2) is 13.1 Å². The molecule has 1 atom stereocenters. The standard InChI is InChI=1S/C12H24N4O3S/c1-9(5-8-19-4)15-20(17,18)12-10(2)14-16(7-6-13)11(12)3/h9,15H,5-8,13H2,1-4H3. The van der Waals surface area contributed by atoms with E-state index in [-0.39, 0.29) is 10.9 Å². The molecule has 0 saturated heterocycles. The SMILES string of the molecule is COCCC(C)NS(=O)(=O)c1c(C)nn(CCN)c1C. The van der Waals surface area contributed by atoms with E-state index in [0.29, 0.717) is 37.5 Å². The monoisotopic (exact) mass is 304 g/mol. The molecule has 1 unspecified atom stereocenters. The quantitative estimate of drug-likeness (QED) is 0.713. The average Bonchev–Trinajstić information content (AvgIpc) is 2.62. The molecule has 0 saturated carbocycles. The van der Waals surface area contributed by atoms with Crippen LogP contribution < -0.4 is 10.5 Å². The van der Waals surface area contributed by atoms with Crippen LogP contribution in [0.2, 0.25) is 0 Å². The first-order valence-electron chi connectivity index (χ1n) is 6.58. The van der Waals surface area contributed by atoms with Crippen LogP contribution in [0.25, 0.3) is 0 Å². The molecule has 1 heterocycles. The number of hydrogen-bond donors (Lipinski definition) is 2. The number of nitrogens with two attached hydrogens (primary N) is 1. The molecule has 1 rings (SSSR count). The van der Waals surface area contributed by atoms with Crippen molar-refractivity contribution in [2.45, 2.75) is 44.7 Å². The van der Waals surface area contributed by atoms with E-state index in [0.717, 1.165) is 0 Å². The van der Waals surface area contributed by atoms with Crippen molar-refractivity contribution in [3.05, 3.63) is 11.4 Å². The molecule has 1 aromatic rings. The normalized spacial score (nSPS) is 13.7. The van der Waals surface area contributed by atoms with Crippen molar-refractivity contribution in [1.82, 2.24) is 14.5 Å². The molecule has 0 aliphatic carbocycles. The maximum Gasteiger partial charge on any atom is 0.244 e. The Bertz CT molecular complexity index is 539. The van der Waals surface area contributed by atoms with Crippen LogP contribution in [0.4, 0.5) is 0 Å². The van der Waals surface area contributed by atoms with E-state index in [1.54, 1.807) is 25.6 Å². The lowest BCUT2D eigenvalue weighted by atomic mass is 10.3. The fraction of sp³-hybridized carbons (Fsp3) is 0.750. The number of hydrogen-bond acceptors (Lipinski definition) is 5. The van der Waals surface area contributed by atoms with Crippen molar-refractivity contribution in [2.24, 2.45) is 5.73 Å². The van der Waals surface area contributed by atoms with Gasteiger partial charge in [0.15, 0.2) is 0 Å². The lowest BCUT2D eigenvalue weighted by Gasteiger charge is -2.14. The molecule has 0 bridgehead atoms. The van der Waals surface area contributed by atoms with Crippen molar-refractivity contribution in [2.75, 3.05) is 20.3 Å². The lowest BCUT2D eigenvalue weighted by molar-refractivity contribution is 0.188. The first kappa shape index (κ1) is 17.1. The van der Waals surface area contributed by atoms with Gasteiger partial charge in [-0.1, -0.05) is 0 Å². The minimum absolute atomic E-state index is 0.198. The van der Waals surface area contributed by atoms with E-state index < -0.39 is 10.0 Å². The van der Waals surface area contributed by atoms with Crippen LogP contribution in [0.5, 0.6) is 0 Å². The molecule has 1 aromatic heterocycles. The zero-order valence-electron chi connectivity index (χ0n) is 12.5. The smallest absolute Gasteiger partial charge is 0.244 e. The minimum Gasteiger partial charge on any atom is -0.385 e. The first-order valence-corrected chi connectivity index (χ1v) is 8.07. The molecule has 0 radical (unpaired) electrons. The minimum atomic E-state index is -3.58. The maximum atomic E-state index is 12.4. The first-order chi connectivity index (χ1) is 9.33. The average molecular weight is 304 g/mol. The van der Waals surface area contributed by atoms with Crippen molar-refractivity contribution >= 4 is 10.0 Å². The summed E-state index contributed by atoms with van der Waals surface area (Å²) in [6.07, 6.45) is 0.616. The van der Waals surface area contributed by atoms with Gasteiger partial charge in [-0.15, -0.1) is 0 Å². The highest BCUT2D eigenvalue weighted by molar-refractivity contribution is 7.89. The van der Waals surface area contributed by atoms with Gasteiger partial charge in [0.05, 0.1) is 17.9 Å². The summed E-state index contributed by atoms with van der Waals surface area (Å²) >= 11 is 0. The van der Waals surface area contributed by atoms with E-state index in [2.05, 4.69) is 9.82 Å². The van der Waals surface area contributed by atoms with E-state index in [4.69, 9.17) is 10.5 Å². The van der Waals surface area contributed by atoms with Gasteiger partial charge >= 0.3 is 0 Å². The Balaban J connectivity index is 2.98. The molecule has 0 spiro atoms. The van der Waals surface area contributed by atoms with Gasteiger partial charge in [-0.3, -0.25) is 4.68 Å². The summed E-state index contributed by atoms with van der Waals surface area (Å²) in [7, 11) is -1.99. The molecule has 0 aliphatic heterocycles. The molecular formula is C12H24N4O3S. The zero-order chi connectivity index (χ0) is 15.3. The second-order valence-electron chi connectivity index (χ2n) is 4.82. The fourth-order valence-corrected chi connectivity index (χ4v) is 3.78. The summed E-state index contributed by atoms with van der Waals surface area (Å²) in [4.78, 5) is 0.246. The third kappa shape index (κ3) is 4.02. The van der Waals surface area contributed by atoms with Crippen molar-refractivity contribution < 1.29 is 13.2 Å². The number of aromatic nitrogens is 2. The van der Waals surface area contributed by atoms with E-state index >= 15 is 0 Å². The Morgan fingerprint density at radius 1 is 1.45 bits per heavy atom. The molecule has 0 amide bonds. The number of ether oxygens (including phenoxy) is 1. The topological polar surface area (TPSA) is 99.2 Å². The third-order valence-corrected chi connectivity index (χ3v) is 4.88. The summed E-state index contributed by atoms with van der Waals surface area (Å²) in [5, 5.41) is 4.23. The summed E-state index contributed by atoms with van der Waals surface area (Å²) in [6, 6.07) is -0.198. The summed E-state index contributed by atoms with van der Waals surface area (Å²) in [5.41, 5.74) is 6.59. The Kier molecular flexibility index (Phi) is 6.12. The van der Waals surface area contributed by atoms with Gasteiger partial charge in [0.2, 0.25) is 10.0 Å². The molecule has 20 heavy (non-hydrogen) atoms. The second kappa shape index (κ2) is 7.16. The fourth-order valence-electron chi connectivity index (χ4n) is 2.09. The summed E-state index contributed by atoms with van der Waals surface area (Å²) < 4.78 is 34.1. The Hall–Kier alpha value is -0.960. The maximum absolute atomic E-state index is 12.4. The van der Waals surface area contributed by atoms with E-state index in [1.165, 1.54) is 0 Å². The molecule has 3 N–H and O–H groups in total. The van der Waals surface area contributed by atoms with Crippen LogP contribution in [0, 0.1) is 13.8 Å². The van der Waals surface area contributed by atoms with Crippen LogP contribution in [0.1, 0.15) is 24.7 Å². The molecule has 7 nitrogen and oxygen atoms in total. The van der Waals surface area contributed by atoms with E-state index in [9.17, 15) is 8.42 Å². The van der Waals surface area contributed by atoms with Crippen molar-refractivity contribution in [3.8, 4) is 0 Å². The van der Waals surface area contributed by atoms with Crippen molar-refractivity contribution in [3.63, 3.8) is 0 Å². The zero-order valence-corrected chi connectivity index (χ0v) is 13.3. The Morgan fingerprint density at radius 3 is 2.65 bits per heavy atom. The lowest BCUT2D eigenvalue weighted by Crippen LogP contribution is -2.34. The number of methoxy groups -OCH3 is 1. The number of aryl methyl sites for hydroxylation is 1. The molecule has 116 valence electrons. The second-order valence-corrected chi connectivity index (χ2v) is 6.47. The number of nitrogens with one attached hydrogen (secondary N) is 1. The molecular weight excluding hydrogens is 280 g/mol. The van der Waals surface area contributed by atoms with Gasteiger partial charge in [-0.2, -0.15) is 5.10 Å². The van der Waals surface area contributed by atoms with Gasteiger partial charge in [-0.05, 0) is 27.2 Å². The Labute approximate surface area is 120 Å². The number of sulfonamides is 1. The summed E-state index contributed by atoms with van der Waals surface area (Å²) in [5.74, 6) is 0. The van der Waals surface area contributed by atoms with Gasteiger partial charge < -0.3 is 10.5 Å². The van der Waals surface area contributed by atoms with Crippen molar-refractivity contribution in [1.29, 1.82) is 0 Å². The van der Waals surface area contributed by atoms with Crippen LogP contribution in [-0.4, -0.2) is 44.5 Å². The van der Waals surface area contributed by atoms with Gasteiger partial charge in [0, 0.05) is 26.3 Å². The predicted octanol–water partition coefficient (Wildman–Crippen LogP) is 0.162. The Morgan fingerprint density at radius 2 is 2.10 bits per heavy atom. The molecule has 0 fully saturated rings. The van der Waals surface area contributed by atoms with Crippen LogP contribution in [0.3, 0.4) is 0 Å². The summed E-state index contributed by atoms with van der Waals surface area (Å²) in [6.45, 7) is 6.67. The predicted molar refractivity (Wildman–Crippen MR) is 77.0 cm³/mol.